The lowest BCUT2D eigenvalue weighted by atomic mass is 10.0. The van der Waals surface area contributed by atoms with Crippen molar-refractivity contribution in [1.29, 1.82) is 0 Å². The van der Waals surface area contributed by atoms with Gasteiger partial charge >= 0.3 is 0 Å². The number of imide groups is 1. The quantitative estimate of drug-likeness (QED) is 0.259. The average Bonchev–Trinajstić information content (AvgIpc) is 2.86. The molecular weight excluding hydrogens is 322 g/mol. The van der Waals surface area contributed by atoms with E-state index < -0.39 is 0 Å². The third kappa shape index (κ3) is 11.5. The Morgan fingerprint density at radius 2 is 1.42 bits per heavy atom. The summed E-state index contributed by atoms with van der Waals surface area (Å²) in [5, 5.41) is 0. The summed E-state index contributed by atoms with van der Waals surface area (Å²) < 4.78 is 0. The Balaban J connectivity index is 1.87. The fraction of sp³-hybridized carbons (Fsp3) is 0.826. The lowest BCUT2D eigenvalue weighted by Crippen LogP contribution is -2.36. The molecule has 0 aliphatic carbocycles. The molecule has 150 valence electrons. The number of rotatable bonds is 14. The summed E-state index contributed by atoms with van der Waals surface area (Å²) in [5.74, 6) is 0.112. The number of amides is 2. The van der Waals surface area contributed by atoms with Crippen LogP contribution in [0.15, 0.2) is 12.2 Å². The van der Waals surface area contributed by atoms with Crippen LogP contribution in [0.1, 0.15) is 116 Å². The summed E-state index contributed by atoms with van der Waals surface area (Å²) in [6, 6.07) is 0. The van der Waals surface area contributed by atoms with Crippen molar-refractivity contribution < 1.29 is 9.59 Å². The van der Waals surface area contributed by atoms with E-state index in [0.29, 0.717) is 19.4 Å². The lowest BCUT2D eigenvalue weighted by Gasteiger charge is -2.18. The van der Waals surface area contributed by atoms with Gasteiger partial charge in [-0.1, -0.05) is 76.4 Å². The van der Waals surface area contributed by atoms with Crippen LogP contribution in [0.3, 0.4) is 0 Å². The summed E-state index contributed by atoms with van der Waals surface area (Å²) in [6.07, 6.45) is 23.9. The molecule has 1 heterocycles. The third-order valence-corrected chi connectivity index (χ3v) is 5.37. The summed E-state index contributed by atoms with van der Waals surface area (Å²) >= 11 is 0. The van der Waals surface area contributed by atoms with E-state index in [1.165, 1.54) is 69.1 Å². The minimum Gasteiger partial charge on any atom is -0.283 e. The molecule has 26 heavy (non-hydrogen) atoms. The fourth-order valence-corrected chi connectivity index (χ4v) is 3.68. The average molecular weight is 364 g/mol. The zero-order valence-electron chi connectivity index (χ0n) is 17.1. The molecule has 3 nitrogen and oxygen atoms in total. The summed E-state index contributed by atoms with van der Waals surface area (Å²) in [4.78, 5) is 25.6. The van der Waals surface area contributed by atoms with E-state index in [9.17, 15) is 9.59 Å². The molecule has 1 rings (SSSR count). The Hall–Kier alpha value is -1.12. The van der Waals surface area contributed by atoms with Gasteiger partial charge in [-0.05, 0) is 39.0 Å². The molecule has 0 spiro atoms. The van der Waals surface area contributed by atoms with Crippen molar-refractivity contribution >= 4 is 11.8 Å². The van der Waals surface area contributed by atoms with Gasteiger partial charge in [0.1, 0.15) is 0 Å². The van der Waals surface area contributed by atoms with E-state index in [1.54, 1.807) is 0 Å². The highest BCUT2D eigenvalue weighted by atomic mass is 16.2. The van der Waals surface area contributed by atoms with E-state index in [0.717, 1.165) is 32.1 Å². The Labute approximate surface area is 161 Å². The molecule has 0 radical (unpaired) electrons. The maximum atomic E-state index is 12.2. The highest BCUT2D eigenvalue weighted by Crippen LogP contribution is 2.15. The topological polar surface area (TPSA) is 37.4 Å². The van der Waals surface area contributed by atoms with Gasteiger partial charge in [-0.25, -0.2) is 0 Å². The Morgan fingerprint density at radius 3 is 2.04 bits per heavy atom. The number of carbonyl (C=O) groups is 2. The molecule has 1 aliphatic rings. The maximum absolute atomic E-state index is 12.2. The van der Waals surface area contributed by atoms with Gasteiger partial charge in [0.05, 0.1) is 0 Å². The van der Waals surface area contributed by atoms with Crippen LogP contribution in [0.25, 0.3) is 0 Å². The van der Waals surface area contributed by atoms with Crippen molar-refractivity contribution in [3.05, 3.63) is 12.2 Å². The molecule has 1 saturated heterocycles. The molecule has 0 saturated carbocycles. The van der Waals surface area contributed by atoms with Crippen molar-refractivity contribution in [1.82, 2.24) is 4.90 Å². The van der Waals surface area contributed by atoms with E-state index in [2.05, 4.69) is 19.1 Å². The van der Waals surface area contributed by atoms with E-state index >= 15 is 0 Å². The van der Waals surface area contributed by atoms with Gasteiger partial charge in [0.15, 0.2) is 0 Å². The summed E-state index contributed by atoms with van der Waals surface area (Å²) in [7, 11) is 0. The monoisotopic (exact) mass is 363 g/mol. The number of likely N-dealkylation sites (tertiary alicyclic amines) is 1. The molecule has 0 N–H and O–H groups in total. The van der Waals surface area contributed by atoms with Crippen LogP contribution in [-0.2, 0) is 9.59 Å². The second-order valence-electron chi connectivity index (χ2n) is 7.75. The smallest absolute Gasteiger partial charge is 0.229 e. The van der Waals surface area contributed by atoms with Gasteiger partial charge in [0.25, 0.3) is 0 Å². The predicted molar refractivity (Wildman–Crippen MR) is 110 cm³/mol. The fourth-order valence-electron chi connectivity index (χ4n) is 3.68. The molecule has 0 aromatic heterocycles. The second-order valence-corrected chi connectivity index (χ2v) is 7.75. The summed E-state index contributed by atoms with van der Waals surface area (Å²) in [6.45, 7) is 2.74. The molecule has 3 heteroatoms. The number of nitrogens with zero attached hydrogens (tertiary/aromatic N) is 1. The van der Waals surface area contributed by atoms with Crippen LogP contribution in [0.5, 0.6) is 0 Å². The number of hydrogen-bond donors (Lipinski definition) is 0. The molecule has 1 fully saturated rings. The van der Waals surface area contributed by atoms with Crippen LogP contribution in [0.2, 0.25) is 0 Å². The zero-order valence-corrected chi connectivity index (χ0v) is 17.1. The lowest BCUT2D eigenvalue weighted by molar-refractivity contribution is -0.144. The van der Waals surface area contributed by atoms with Crippen LogP contribution in [0.4, 0.5) is 0 Å². The van der Waals surface area contributed by atoms with E-state index in [1.807, 2.05) is 0 Å². The summed E-state index contributed by atoms with van der Waals surface area (Å²) in [5.41, 5.74) is 0. The van der Waals surface area contributed by atoms with Crippen LogP contribution >= 0.6 is 0 Å². The van der Waals surface area contributed by atoms with Crippen molar-refractivity contribution in [2.75, 3.05) is 6.54 Å². The van der Waals surface area contributed by atoms with Crippen molar-refractivity contribution in [3.8, 4) is 0 Å². The van der Waals surface area contributed by atoms with Crippen molar-refractivity contribution in [2.24, 2.45) is 0 Å². The Kier molecular flexibility index (Phi) is 14.2. The number of allylic oxidation sites excluding steroid dienone is 2. The van der Waals surface area contributed by atoms with Crippen LogP contribution in [-0.4, -0.2) is 23.3 Å². The van der Waals surface area contributed by atoms with Gasteiger partial charge in [-0.15, -0.1) is 0 Å². The zero-order chi connectivity index (χ0) is 18.9. The molecule has 0 bridgehead atoms. The van der Waals surface area contributed by atoms with Gasteiger partial charge in [-0.2, -0.15) is 0 Å². The molecule has 1 aliphatic heterocycles. The highest BCUT2D eigenvalue weighted by molar-refractivity contribution is 5.95. The van der Waals surface area contributed by atoms with Gasteiger partial charge in [-0.3, -0.25) is 14.5 Å². The molecule has 0 aromatic rings. The number of carbonyl (C=O) groups excluding carboxylic acids is 2. The highest BCUT2D eigenvalue weighted by Gasteiger charge is 2.22. The number of unbranched alkanes of at least 4 members (excludes halogenated alkanes) is 11. The normalized spacial score (nSPS) is 15.6. The van der Waals surface area contributed by atoms with Gasteiger partial charge < -0.3 is 0 Å². The standard InChI is InChI=1S/C23H41NO2/c1-2-3-4-5-6-7-8-9-10-11-12-13-14-16-19-22(25)24-21-18-15-17-20-23(24)26/h2-3H,4-21H2,1H3/b3-2+. The van der Waals surface area contributed by atoms with Crippen molar-refractivity contribution in [2.45, 2.75) is 116 Å². The minimum atomic E-state index is 0.0503. The first-order chi connectivity index (χ1) is 12.8. The third-order valence-electron chi connectivity index (χ3n) is 5.37. The molecule has 2 amide bonds. The Morgan fingerprint density at radius 1 is 0.846 bits per heavy atom. The molecule has 0 atom stereocenters. The van der Waals surface area contributed by atoms with E-state index in [4.69, 9.17) is 0 Å². The first-order valence-corrected chi connectivity index (χ1v) is 11.2. The molecule has 0 aromatic carbocycles. The minimum absolute atomic E-state index is 0.0503. The SMILES string of the molecule is C/C=C/CCCCCCCCCCCCCC(=O)N1CCCCCC1=O. The van der Waals surface area contributed by atoms with Crippen molar-refractivity contribution in [3.63, 3.8) is 0 Å². The van der Waals surface area contributed by atoms with Crippen LogP contribution in [0, 0.1) is 0 Å². The maximum Gasteiger partial charge on any atom is 0.229 e. The number of hydrogen-bond acceptors (Lipinski definition) is 2. The largest absolute Gasteiger partial charge is 0.283 e. The van der Waals surface area contributed by atoms with Gasteiger partial charge in [0, 0.05) is 19.4 Å². The molecule has 0 unspecified atom stereocenters. The van der Waals surface area contributed by atoms with E-state index in [-0.39, 0.29) is 11.8 Å². The predicted octanol–water partition coefficient (Wildman–Crippen LogP) is 6.56. The van der Waals surface area contributed by atoms with Gasteiger partial charge in [0.2, 0.25) is 11.8 Å². The van der Waals surface area contributed by atoms with Crippen LogP contribution < -0.4 is 0 Å². The molecular formula is C23H41NO2. The first-order valence-electron chi connectivity index (χ1n) is 11.2. The Bertz CT molecular complexity index is 403. The second kappa shape index (κ2) is 16.1. The first kappa shape index (κ1) is 22.9.